The number of halogens is 3. The first kappa shape index (κ1) is 22.2. The van der Waals surface area contributed by atoms with Crippen LogP contribution in [0.4, 0.5) is 8.78 Å². The molecular formula is C24H22ClF2N3O2. The van der Waals surface area contributed by atoms with Crippen LogP contribution in [0.1, 0.15) is 24.0 Å². The number of pyridine rings is 1. The van der Waals surface area contributed by atoms with Gasteiger partial charge in [0.05, 0.1) is 10.7 Å². The van der Waals surface area contributed by atoms with Gasteiger partial charge in [-0.1, -0.05) is 28.9 Å². The van der Waals surface area contributed by atoms with Gasteiger partial charge >= 0.3 is 0 Å². The number of nitrogens with zero attached hydrogens (tertiary/aromatic N) is 3. The maximum atomic E-state index is 14.7. The molecule has 2 heterocycles. The number of hydrogen-bond donors (Lipinski definition) is 0. The number of aromatic nitrogens is 1. The van der Waals surface area contributed by atoms with E-state index in [0.717, 1.165) is 38.1 Å². The van der Waals surface area contributed by atoms with Crippen LogP contribution in [0.3, 0.4) is 0 Å². The minimum absolute atomic E-state index is 0.0729. The zero-order valence-electron chi connectivity index (χ0n) is 17.5. The van der Waals surface area contributed by atoms with Gasteiger partial charge in [-0.05, 0) is 50.2 Å². The lowest BCUT2D eigenvalue weighted by Gasteiger charge is -2.27. The lowest BCUT2D eigenvalue weighted by atomic mass is 10.0. The summed E-state index contributed by atoms with van der Waals surface area (Å²) in [5.74, 6) is -1.46. The fraction of sp³-hybridized carbons (Fsp3) is 0.250. The molecule has 1 saturated heterocycles. The Labute approximate surface area is 189 Å². The highest BCUT2D eigenvalue weighted by atomic mass is 35.5. The Morgan fingerprint density at radius 3 is 2.56 bits per heavy atom. The third-order valence-electron chi connectivity index (χ3n) is 5.44. The third-order valence-corrected chi connectivity index (χ3v) is 5.76. The molecule has 4 rings (SSSR count). The largest absolute Gasteiger partial charge is 0.392 e. The second-order valence-corrected chi connectivity index (χ2v) is 8.16. The molecule has 0 radical (unpaired) electrons. The Bertz CT molecular complexity index is 1200. The lowest BCUT2D eigenvalue weighted by Crippen LogP contribution is -2.33. The number of para-hydroxylation sites is 1. The molecular weight excluding hydrogens is 436 g/mol. The van der Waals surface area contributed by atoms with Crippen LogP contribution in [0.2, 0.25) is 5.02 Å². The van der Waals surface area contributed by atoms with Crippen molar-refractivity contribution in [1.29, 1.82) is 0 Å². The molecule has 0 amide bonds. The first-order valence-corrected chi connectivity index (χ1v) is 10.7. The number of likely N-dealkylation sites (tertiary alicyclic amines) is 1. The normalized spacial score (nSPS) is 15.7. The Morgan fingerprint density at radius 2 is 1.84 bits per heavy atom. The van der Waals surface area contributed by atoms with Gasteiger partial charge in [-0.3, -0.25) is 9.36 Å². The molecule has 1 aliphatic rings. The van der Waals surface area contributed by atoms with Crippen LogP contribution in [0.15, 0.2) is 70.7 Å². The highest BCUT2D eigenvalue weighted by Crippen LogP contribution is 2.21. The Morgan fingerprint density at radius 1 is 1.09 bits per heavy atom. The van der Waals surface area contributed by atoms with E-state index >= 15 is 0 Å². The summed E-state index contributed by atoms with van der Waals surface area (Å²) >= 11 is 6.28. The SMILES string of the molecule is CN1CCC(ON=C(c2ccc(=O)n(-c3ccccc3Cl)c2)c2ccc(F)cc2F)CC1. The summed E-state index contributed by atoms with van der Waals surface area (Å²) in [5.41, 5.74) is 0.849. The molecule has 0 unspecified atom stereocenters. The zero-order chi connectivity index (χ0) is 22.7. The van der Waals surface area contributed by atoms with E-state index in [4.69, 9.17) is 16.4 Å². The predicted molar refractivity (Wildman–Crippen MR) is 121 cm³/mol. The van der Waals surface area contributed by atoms with Crippen LogP contribution in [0.5, 0.6) is 0 Å². The average Bonchev–Trinajstić information content (AvgIpc) is 2.78. The zero-order valence-corrected chi connectivity index (χ0v) is 18.2. The van der Waals surface area contributed by atoms with Gasteiger partial charge in [0.1, 0.15) is 23.5 Å². The van der Waals surface area contributed by atoms with Crippen molar-refractivity contribution in [2.24, 2.45) is 5.16 Å². The molecule has 166 valence electrons. The quantitative estimate of drug-likeness (QED) is 0.414. The highest BCUT2D eigenvalue weighted by Gasteiger charge is 2.20. The van der Waals surface area contributed by atoms with Crippen LogP contribution < -0.4 is 5.56 Å². The van der Waals surface area contributed by atoms with Gasteiger partial charge in [-0.25, -0.2) is 8.78 Å². The summed E-state index contributed by atoms with van der Waals surface area (Å²) in [4.78, 5) is 20.5. The molecule has 8 heteroatoms. The van der Waals surface area contributed by atoms with Crippen molar-refractivity contribution in [2.75, 3.05) is 20.1 Å². The topological polar surface area (TPSA) is 46.8 Å². The molecule has 0 saturated carbocycles. The van der Waals surface area contributed by atoms with E-state index in [1.165, 1.54) is 29.0 Å². The molecule has 1 aliphatic heterocycles. The fourth-order valence-electron chi connectivity index (χ4n) is 3.62. The minimum atomic E-state index is -0.772. The summed E-state index contributed by atoms with van der Waals surface area (Å²) < 4.78 is 29.6. The maximum Gasteiger partial charge on any atom is 0.255 e. The van der Waals surface area contributed by atoms with E-state index in [1.807, 2.05) is 7.05 Å². The third kappa shape index (κ3) is 4.89. The molecule has 5 nitrogen and oxygen atoms in total. The van der Waals surface area contributed by atoms with Gasteiger partial charge in [0.15, 0.2) is 0 Å². The lowest BCUT2D eigenvalue weighted by molar-refractivity contribution is 0.0163. The van der Waals surface area contributed by atoms with E-state index in [0.29, 0.717) is 16.3 Å². The number of benzene rings is 2. The summed E-state index contributed by atoms with van der Waals surface area (Å²) in [5, 5.41) is 4.67. The van der Waals surface area contributed by atoms with E-state index in [-0.39, 0.29) is 22.9 Å². The molecule has 0 N–H and O–H groups in total. The van der Waals surface area contributed by atoms with Crippen molar-refractivity contribution in [2.45, 2.75) is 18.9 Å². The van der Waals surface area contributed by atoms with Crippen LogP contribution in [-0.4, -0.2) is 41.4 Å². The fourth-order valence-corrected chi connectivity index (χ4v) is 3.85. The van der Waals surface area contributed by atoms with Crippen LogP contribution in [0.25, 0.3) is 5.69 Å². The summed E-state index contributed by atoms with van der Waals surface area (Å²) in [6, 6.07) is 13.1. The standard InChI is InChI=1S/C24H22ClF2N3O2/c1-29-12-10-18(11-13-29)32-28-24(19-8-7-17(26)14-21(19)27)16-6-9-23(31)30(15-16)22-5-3-2-4-20(22)25/h2-9,14-15,18H,10-13H2,1H3. The number of oxime groups is 1. The number of rotatable bonds is 5. The van der Waals surface area contributed by atoms with E-state index < -0.39 is 11.6 Å². The second-order valence-electron chi connectivity index (χ2n) is 7.75. The van der Waals surface area contributed by atoms with Gasteiger partial charge in [-0.2, -0.15) is 0 Å². The maximum absolute atomic E-state index is 14.7. The molecule has 0 aliphatic carbocycles. The summed E-state index contributed by atoms with van der Waals surface area (Å²) in [7, 11) is 2.04. The van der Waals surface area contributed by atoms with Gasteiger partial charge in [0.2, 0.25) is 0 Å². The average molecular weight is 458 g/mol. The molecule has 0 atom stereocenters. The van der Waals surface area contributed by atoms with Crippen LogP contribution in [0, 0.1) is 11.6 Å². The predicted octanol–water partition coefficient (Wildman–Crippen LogP) is 4.63. The summed E-state index contributed by atoms with van der Waals surface area (Å²) in [6.07, 6.45) is 3.00. The van der Waals surface area contributed by atoms with Crippen molar-refractivity contribution in [3.63, 3.8) is 0 Å². The van der Waals surface area contributed by atoms with E-state index in [2.05, 4.69) is 10.1 Å². The Kier molecular flexibility index (Phi) is 6.67. The van der Waals surface area contributed by atoms with E-state index in [9.17, 15) is 13.6 Å². The van der Waals surface area contributed by atoms with Crippen molar-refractivity contribution >= 4 is 17.3 Å². The first-order chi connectivity index (χ1) is 15.4. The van der Waals surface area contributed by atoms with Gasteiger partial charge < -0.3 is 9.74 Å². The molecule has 32 heavy (non-hydrogen) atoms. The van der Waals surface area contributed by atoms with Crippen molar-refractivity contribution < 1.29 is 13.6 Å². The van der Waals surface area contributed by atoms with Gasteiger partial charge in [0.25, 0.3) is 5.56 Å². The highest BCUT2D eigenvalue weighted by molar-refractivity contribution is 6.32. The smallest absolute Gasteiger partial charge is 0.255 e. The number of hydrogen-bond acceptors (Lipinski definition) is 4. The Balaban J connectivity index is 1.78. The van der Waals surface area contributed by atoms with Crippen molar-refractivity contribution in [1.82, 2.24) is 9.47 Å². The Hall–Kier alpha value is -3.03. The molecule has 0 spiro atoms. The van der Waals surface area contributed by atoms with Crippen LogP contribution >= 0.6 is 11.6 Å². The first-order valence-electron chi connectivity index (χ1n) is 10.3. The molecule has 1 fully saturated rings. The second kappa shape index (κ2) is 9.63. The molecule has 0 bridgehead atoms. The number of piperidine rings is 1. The molecule has 2 aromatic carbocycles. The van der Waals surface area contributed by atoms with Gasteiger partial charge in [0, 0.05) is 42.5 Å². The van der Waals surface area contributed by atoms with Gasteiger partial charge in [-0.15, -0.1) is 0 Å². The van der Waals surface area contributed by atoms with E-state index in [1.54, 1.807) is 24.3 Å². The van der Waals surface area contributed by atoms with Crippen molar-refractivity contribution in [3.05, 3.63) is 98.9 Å². The molecule has 1 aromatic heterocycles. The van der Waals surface area contributed by atoms with Crippen LogP contribution in [-0.2, 0) is 4.84 Å². The minimum Gasteiger partial charge on any atom is -0.392 e. The summed E-state index contributed by atoms with van der Waals surface area (Å²) in [6.45, 7) is 1.75. The monoisotopic (exact) mass is 457 g/mol. The molecule has 3 aromatic rings. The van der Waals surface area contributed by atoms with Crippen molar-refractivity contribution in [3.8, 4) is 5.69 Å².